The van der Waals surface area contributed by atoms with E-state index in [0.29, 0.717) is 43.1 Å². The lowest BCUT2D eigenvalue weighted by atomic mass is 9.91. The number of hydrogen-bond acceptors (Lipinski definition) is 6. The number of fused-ring (bicyclic) bond motifs is 1. The standard InChI is InChI=1S/C34H41FO6/c1-21-16-27(39-15-14-34(4,5)37)17-22(2)33(21)24-8-7-9-30(23(3)29(35)13-10-24)41-26-11-12-28-25(18-32(36)38-6)20-40-31(28)19-26/h10-13,16-17,19,25,30,37H,3,7-9,14-15,18,20H2,1-2,4-6H3/b24-10+,29-13+/t25-,30-/m1/s1. The van der Waals surface area contributed by atoms with Gasteiger partial charge in [-0.1, -0.05) is 18.7 Å². The van der Waals surface area contributed by atoms with Crippen molar-refractivity contribution in [1.82, 2.24) is 0 Å². The number of carbonyl (C=O) groups excluding carboxylic acids is 1. The Balaban J connectivity index is 1.45. The first-order valence-electron chi connectivity index (χ1n) is 14.2. The summed E-state index contributed by atoms with van der Waals surface area (Å²) in [5.41, 5.74) is 4.71. The molecule has 0 amide bonds. The second-order valence-corrected chi connectivity index (χ2v) is 11.6. The number of allylic oxidation sites excluding steroid dienone is 3. The lowest BCUT2D eigenvalue weighted by molar-refractivity contribution is -0.141. The second kappa shape index (κ2) is 12.9. The molecule has 0 fully saturated rings. The minimum atomic E-state index is -0.780. The first-order valence-corrected chi connectivity index (χ1v) is 14.2. The molecule has 0 saturated carbocycles. The smallest absolute Gasteiger partial charge is 0.306 e. The summed E-state index contributed by atoms with van der Waals surface area (Å²) in [7, 11) is 1.38. The molecule has 0 bridgehead atoms. The molecule has 0 unspecified atom stereocenters. The summed E-state index contributed by atoms with van der Waals surface area (Å²) in [6.07, 6.45) is 5.71. The van der Waals surface area contributed by atoms with Gasteiger partial charge in [0.1, 0.15) is 29.2 Å². The van der Waals surface area contributed by atoms with Gasteiger partial charge in [-0.15, -0.1) is 0 Å². The van der Waals surface area contributed by atoms with Crippen LogP contribution in [-0.4, -0.2) is 43.1 Å². The Labute approximate surface area is 242 Å². The van der Waals surface area contributed by atoms with Gasteiger partial charge in [-0.25, -0.2) is 4.39 Å². The number of aliphatic hydroxyl groups is 1. The molecule has 0 aromatic heterocycles. The van der Waals surface area contributed by atoms with Crippen molar-refractivity contribution < 1.29 is 33.2 Å². The van der Waals surface area contributed by atoms with Crippen LogP contribution in [0.3, 0.4) is 0 Å². The van der Waals surface area contributed by atoms with Gasteiger partial charge >= 0.3 is 5.97 Å². The number of rotatable bonds is 9. The molecule has 1 N–H and O–H groups in total. The van der Waals surface area contributed by atoms with Gasteiger partial charge in [0.25, 0.3) is 0 Å². The first-order chi connectivity index (χ1) is 19.4. The van der Waals surface area contributed by atoms with Gasteiger partial charge in [-0.2, -0.15) is 0 Å². The van der Waals surface area contributed by atoms with Crippen LogP contribution in [0.1, 0.15) is 74.1 Å². The zero-order valence-corrected chi connectivity index (χ0v) is 24.7. The number of hydrogen-bond donors (Lipinski definition) is 1. The maximum atomic E-state index is 15.3. The van der Waals surface area contributed by atoms with Crippen LogP contribution in [0.25, 0.3) is 5.57 Å². The van der Waals surface area contributed by atoms with Gasteiger partial charge in [0.2, 0.25) is 0 Å². The molecule has 41 heavy (non-hydrogen) atoms. The van der Waals surface area contributed by atoms with E-state index in [1.165, 1.54) is 13.2 Å². The highest BCUT2D eigenvalue weighted by atomic mass is 19.1. The number of carbonyl (C=O) groups is 1. The van der Waals surface area contributed by atoms with Crippen molar-refractivity contribution in [1.29, 1.82) is 0 Å². The predicted molar refractivity (Wildman–Crippen MR) is 158 cm³/mol. The lowest BCUT2D eigenvalue weighted by Crippen LogP contribution is -2.21. The summed E-state index contributed by atoms with van der Waals surface area (Å²) in [4.78, 5) is 11.7. The highest BCUT2D eigenvalue weighted by Gasteiger charge is 2.28. The molecule has 6 nitrogen and oxygen atoms in total. The van der Waals surface area contributed by atoms with E-state index in [1.54, 1.807) is 19.9 Å². The van der Waals surface area contributed by atoms with Crippen LogP contribution in [0.15, 0.2) is 60.5 Å². The molecule has 0 saturated heterocycles. The molecular weight excluding hydrogens is 523 g/mol. The quantitative estimate of drug-likeness (QED) is 0.322. The zero-order valence-electron chi connectivity index (χ0n) is 24.7. The SMILES string of the molecule is C=C1/C(F)=C\C=C(\c2c(C)cc(OCCC(C)(C)O)cc2C)CCC[C@H]1Oc1ccc2c(c1)OC[C@H]2CC(=O)OC. The van der Waals surface area contributed by atoms with Crippen LogP contribution in [0.5, 0.6) is 17.2 Å². The van der Waals surface area contributed by atoms with Crippen LogP contribution in [0, 0.1) is 13.8 Å². The molecular formula is C34H41FO6. The number of methoxy groups -OCH3 is 1. The second-order valence-electron chi connectivity index (χ2n) is 11.6. The Morgan fingerprint density at radius 3 is 2.56 bits per heavy atom. The van der Waals surface area contributed by atoms with E-state index in [0.717, 1.165) is 46.4 Å². The van der Waals surface area contributed by atoms with E-state index < -0.39 is 17.5 Å². The number of aryl methyl sites for hydroxylation is 2. The Kier molecular flexibility index (Phi) is 9.59. The maximum absolute atomic E-state index is 15.3. The fourth-order valence-corrected chi connectivity index (χ4v) is 5.39. The van der Waals surface area contributed by atoms with Crippen molar-refractivity contribution in [3.63, 3.8) is 0 Å². The Morgan fingerprint density at radius 2 is 1.88 bits per heavy atom. The topological polar surface area (TPSA) is 74.2 Å². The van der Waals surface area contributed by atoms with Crippen LogP contribution in [0.4, 0.5) is 4.39 Å². The van der Waals surface area contributed by atoms with Crippen molar-refractivity contribution in [2.75, 3.05) is 20.3 Å². The van der Waals surface area contributed by atoms with Crippen LogP contribution in [-0.2, 0) is 9.53 Å². The largest absolute Gasteiger partial charge is 0.493 e. The normalized spacial score (nSPS) is 21.7. The molecule has 2 atom stereocenters. The third kappa shape index (κ3) is 7.79. The molecule has 1 aliphatic heterocycles. The highest BCUT2D eigenvalue weighted by Crippen LogP contribution is 2.40. The third-order valence-electron chi connectivity index (χ3n) is 7.63. The summed E-state index contributed by atoms with van der Waals surface area (Å²) in [5.74, 6) is 1.25. The van der Waals surface area contributed by atoms with Crippen LogP contribution in [0.2, 0.25) is 0 Å². The lowest BCUT2D eigenvalue weighted by Gasteiger charge is -2.21. The number of ether oxygens (including phenoxy) is 4. The van der Waals surface area contributed by atoms with Gasteiger partial charge < -0.3 is 24.1 Å². The molecule has 0 radical (unpaired) electrons. The average molecular weight is 565 g/mol. The minimum absolute atomic E-state index is 0.0588. The minimum Gasteiger partial charge on any atom is -0.493 e. The number of esters is 1. The van der Waals surface area contributed by atoms with E-state index in [2.05, 4.69) is 6.58 Å². The molecule has 7 heteroatoms. The van der Waals surface area contributed by atoms with Gasteiger partial charge in [0.05, 0.1) is 32.3 Å². The van der Waals surface area contributed by atoms with Gasteiger partial charge in [-0.05, 0) is 93.5 Å². The van der Waals surface area contributed by atoms with E-state index in [-0.39, 0.29) is 18.3 Å². The highest BCUT2D eigenvalue weighted by molar-refractivity contribution is 5.73. The third-order valence-corrected chi connectivity index (χ3v) is 7.63. The number of benzene rings is 2. The monoisotopic (exact) mass is 564 g/mol. The fourth-order valence-electron chi connectivity index (χ4n) is 5.39. The van der Waals surface area contributed by atoms with Gasteiger partial charge in [0.15, 0.2) is 0 Å². The molecule has 2 aromatic rings. The maximum Gasteiger partial charge on any atom is 0.306 e. The van der Waals surface area contributed by atoms with Crippen LogP contribution >= 0.6 is 0 Å². The van der Waals surface area contributed by atoms with Crippen molar-refractivity contribution in [3.05, 3.63) is 82.7 Å². The first kappa shape index (κ1) is 30.4. The van der Waals surface area contributed by atoms with E-state index in [4.69, 9.17) is 18.9 Å². The molecule has 1 heterocycles. The summed E-state index contributed by atoms with van der Waals surface area (Å²) in [5, 5.41) is 9.96. The molecule has 2 aliphatic rings. The number of halogens is 1. The Morgan fingerprint density at radius 1 is 1.15 bits per heavy atom. The van der Waals surface area contributed by atoms with Crippen molar-refractivity contribution in [2.45, 2.75) is 77.4 Å². The molecule has 1 aliphatic carbocycles. The van der Waals surface area contributed by atoms with Crippen molar-refractivity contribution in [3.8, 4) is 17.2 Å². The molecule has 220 valence electrons. The van der Waals surface area contributed by atoms with E-state index in [9.17, 15) is 9.90 Å². The summed E-state index contributed by atoms with van der Waals surface area (Å²) < 4.78 is 38.0. The predicted octanol–water partition coefficient (Wildman–Crippen LogP) is 7.31. The molecule has 4 rings (SSSR count). The zero-order chi connectivity index (χ0) is 29.7. The summed E-state index contributed by atoms with van der Waals surface area (Å²) >= 11 is 0. The van der Waals surface area contributed by atoms with Gasteiger partial charge in [-0.3, -0.25) is 4.79 Å². The Hall–Kier alpha value is -3.58. The molecule has 2 aromatic carbocycles. The van der Waals surface area contributed by atoms with E-state index >= 15 is 4.39 Å². The summed E-state index contributed by atoms with van der Waals surface area (Å²) in [6.45, 7) is 12.4. The van der Waals surface area contributed by atoms with E-state index in [1.807, 2.05) is 44.2 Å². The van der Waals surface area contributed by atoms with Crippen LogP contribution < -0.4 is 14.2 Å². The molecule has 0 spiro atoms. The average Bonchev–Trinajstić information content (AvgIpc) is 3.32. The van der Waals surface area contributed by atoms with Crippen molar-refractivity contribution >= 4 is 11.5 Å². The Bertz CT molecular complexity index is 1330. The van der Waals surface area contributed by atoms with Gasteiger partial charge in [0, 0.05) is 29.5 Å². The van der Waals surface area contributed by atoms with Crippen molar-refractivity contribution in [2.24, 2.45) is 0 Å². The summed E-state index contributed by atoms with van der Waals surface area (Å²) in [6, 6.07) is 9.53. The fraction of sp³-hybridized carbons (Fsp3) is 0.441.